The lowest BCUT2D eigenvalue weighted by atomic mass is 10.2. The molecule has 22 heavy (non-hydrogen) atoms. The molecule has 0 N–H and O–H groups in total. The Kier molecular flexibility index (Phi) is 4.94. The molecular weight excluding hydrogens is 316 g/mol. The average molecular weight is 333 g/mol. The van der Waals surface area contributed by atoms with Gasteiger partial charge in [0.05, 0.1) is 9.90 Å². The van der Waals surface area contributed by atoms with E-state index in [-0.39, 0.29) is 0 Å². The topological polar surface area (TPSA) is 43.2 Å². The zero-order valence-electron chi connectivity index (χ0n) is 12.2. The largest absolute Gasteiger partial charge is 0.354 e. The molecule has 2 aromatic heterocycles. The van der Waals surface area contributed by atoms with Crippen molar-refractivity contribution in [1.82, 2.24) is 9.88 Å². The molecule has 4 nitrogen and oxygen atoms in total. The minimum absolute atomic E-state index is 0.654. The number of halogens is 1. The van der Waals surface area contributed by atoms with Crippen molar-refractivity contribution in [1.29, 1.82) is 5.26 Å². The second-order valence-corrected chi connectivity index (χ2v) is 7.11. The second-order valence-electron chi connectivity index (χ2n) is 5.31. The minimum Gasteiger partial charge on any atom is -0.354 e. The van der Waals surface area contributed by atoms with E-state index in [1.165, 1.54) is 4.88 Å². The van der Waals surface area contributed by atoms with Crippen LogP contribution in [0.5, 0.6) is 0 Å². The van der Waals surface area contributed by atoms with Gasteiger partial charge in [-0.1, -0.05) is 11.6 Å². The van der Waals surface area contributed by atoms with Gasteiger partial charge in [-0.2, -0.15) is 5.26 Å². The maximum absolute atomic E-state index is 9.23. The third-order valence-corrected chi connectivity index (χ3v) is 5.02. The first kappa shape index (κ1) is 15.3. The molecule has 0 radical (unpaired) electrons. The fraction of sp³-hybridized carbons (Fsp3) is 0.375. The number of anilines is 1. The van der Waals surface area contributed by atoms with Crippen molar-refractivity contribution in [2.75, 3.05) is 31.1 Å². The minimum atomic E-state index is 0.654. The lowest BCUT2D eigenvalue weighted by molar-refractivity contribution is 0.288. The molecule has 0 amide bonds. The molecule has 3 heterocycles. The first-order chi connectivity index (χ1) is 10.8. The Morgan fingerprint density at radius 3 is 2.91 bits per heavy atom. The molecule has 0 spiro atoms. The van der Waals surface area contributed by atoms with Crippen LogP contribution in [0.25, 0.3) is 0 Å². The van der Waals surface area contributed by atoms with Crippen LogP contribution in [-0.2, 0) is 6.54 Å². The Labute approximate surface area is 139 Å². The van der Waals surface area contributed by atoms with Gasteiger partial charge in [-0.15, -0.1) is 11.3 Å². The zero-order chi connectivity index (χ0) is 15.4. The molecule has 0 saturated carbocycles. The summed E-state index contributed by atoms with van der Waals surface area (Å²) >= 11 is 7.65. The highest BCUT2D eigenvalue weighted by Gasteiger charge is 2.18. The highest BCUT2D eigenvalue weighted by atomic mass is 35.5. The molecule has 6 heteroatoms. The summed E-state index contributed by atoms with van der Waals surface area (Å²) in [6, 6.07) is 9.94. The predicted octanol–water partition coefficient (Wildman–Crippen LogP) is 3.38. The molecule has 1 aliphatic heterocycles. The highest BCUT2D eigenvalue weighted by Crippen LogP contribution is 2.24. The summed E-state index contributed by atoms with van der Waals surface area (Å²) in [6.07, 6.45) is 2.83. The Morgan fingerprint density at radius 1 is 1.23 bits per heavy atom. The van der Waals surface area contributed by atoms with Gasteiger partial charge < -0.3 is 4.90 Å². The molecule has 1 saturated heterocycles. The normalized spacial score (nSPS) is 16.3. The Morgan fingerprint density at radius 2 is 2.14 bits per heavy atom. The summed E-state index contributed by atoms with van der Waals surface area (Å²) in [5, 5.41) is 9.23. The molecule has 3 rings (SSSR count). The number of rotatable bonds is 3. The van der Waals surface area contributed by atoms with Crippen LogP contribution in [0, 0.1) is 11.3 Å². The smallest absolute Gasteiger partial charge is 0.146 e. The lowest BCUT2D eigenvalue weighted by Gasteiger charge is -2.23. The number of nitrogens with zero attached hydrogens (tertiary/aromatic N) is 4. The maximum Gasteiger partial charge on any atom is 0.146 e. The first-order valence-electron chi connectivity index (χ1n) is 7.33. The molecule has 114 valence electrons. The van der Waals surface area contributed by atoms with E-state index in [9.17, 15) is 5.26 Å². The van der Waals surface area contributed by atoms with Crippen LogP contribution in [0.4, 0.5) is 5.82 Å². The maximum atomic E-state index is 9.23. The van der Waals surface area contributed by atoms with E-state index in [2.05, 4.69) is 26.9 Å². The van der Waals surface area contributed by atoms with Gasteiger partial charge in [0.1, 0.15) is 11.9 Å². The van der Waals surface area contributed by atoms with Crippen molar-refractivity contribution >= 4 is 28.8 Å². The van der Waals surface area contributed by atoms with Crippen molar-refractivity contribution in [3.8, 4) is 6.07 Å². The van der Waals surface area contributed by atoms with Crippen LogP contribution >= 0.6 is 22.9 Å². The van der Waals surface area contributed by atoms with E-state index in [0.717, 1.165) is 49.3 Å². The van der Waals surface area contributed by atoms with Crippen LogP contribution in [0.3, 0.4) is 0 Å². The third-order valence-electron chi connectivity index (χ3n) is 3.80. The van der Waals surface area contributed by atoms with Crippen LogP contribution < -0.4 is 4.90 Å². The summed E-state index contributed by atoms with van der Waals surface area (Å²) in [5.74, 6) is 0.811. The van der Waals surface area contributed by atoms with Crippen LogP contribution in [0.2, 0.25) is 4.34 Å². The Balaban J connectivity index is 1.66. The first-order valence-corrected chi connectivity index (χ1v) is 8.52. The molecule has 2 aromatic rings. The molecular formula is C16H17ClN4S. The molecule has 0 atom stereocenters. The molecule has 1 fully saturated rings. The molecule has 0 aliphatic carbocycles. The lowest BCUT2D eigenvalue weighted by Crippen LogP contribution is -2.31. The van der Waals surface area contributed by atoms with E-state index in [4.69, 9.17) is 11.6 Å². The van der Waals surface area contributed by atoms with Gasteiger partial charge in [0.15, 0.2) is 0 Å². The van der Waals surface area contributed by atoms with Crippen LogP contribution in [0.15, 0.2) is 30.5 Å². The van der Waals surface area contributed by atoms with Gasteiger partial charge in [0, 0.05) is 43.8 Å². The van der Waals surface area contributed by atoms with Gasteiger partial charge in [-0.3, -0.25) is 4.90 Å². The quantitative estimate of drug-likeness (QED) is 0.864. The highest BCUT2D eigenvalue weighted by molar-refractivity contribution is 7.16. The number of nitriles is 1. The third kappa shape index (κ3) is 3.58. The van der Waals surface area contributed by atoms with Crippen molar-refractivity contribution in [3.05, 3.63) is 45.2 Å². The van der Waals surface area contributed by atoms with Gasteiger partial charge in [0.25, 0.3) is 0 Å². The monoisotopic (exact) mass is 332 g/mol. The van der Waals surface area contributed by atoms with E-state index in [1.807, 2.05) is 18.2 Å². The second kappa shape index (κ2) is 7.10. The molecule has 0 bridgehead atoms. The van der Waals surface area contributed by atoms with E-state index >= 15 is 0 Å². The van der Waals surface area contributed by atoms with Gasteiger partial charge >= 0.3 is 0 Å². The number of pyridine rings is 1. The Hall–Kier alpha value is -1.61. The molecule has 1 aliphatic rings. The van der Waals surface area contributed by atoms with Gasteiger partial charge in [0.2, 0.25) is 0 Å². The molecule has 0 unspecified atom stereocenters. The van der Waals surface area contributed by atoms with E-state index in [1.54, 1.807) is 17.5 Å². The number of hydrogen-bond acceptors (Lipinski definition) is 5. The fourth-order valence-corrected chi connectivity index (χ4v) is 3.86. The number of hydrogen-bond donors (Lipinski definition) is 0. The van der Waals surface area contributed by atoms with E-state index in [0.29, 0.717) is 5.56 Å². The Bertz CT molecular complexity index is 679. The summed E-state index contributed by atoms with van der Waals surface area (Å²) in [4.78, 5) is 10.4. The molecule has 0 aromatic carbocycles. The average Bonchev–Trinajstić information content (AvgIpc) is 2.81. The van der Waals surface area contributed by atoms with Crippen molar-refractivity contribution in [2.45, 2.75) is 13.0 Å². The summed E-state index contributed by atoms with van der Waals surface area (Å²) in [6.45, 7) is 4.80. The van der Waals surface area contributed by atoms with Crippen molar-refractivity contribution in [3.63, 3.8) is 0 Å². The standard InChI is InChI=1S/C16H17ClN4S/c17-15-5-4-14(22-15)12-20-7-2-8-21(10-9-20)16-13(11-18)3-1-6-19-16/h1,3-6H,2,7-10,12H2. The van der Waals surface area contributed by atoms with Crippen molar-refractivity contribution < 1.29 is 0 Å². The predicted molar refractivity (Wildman–Crippen MR) is 90.4 cm³/mol. The fourth-order valence-electron chi connectivity index (χ4n) is 2.73. The van der Waals surface area contributed by atoms with Crippen LogP contribution in [-0.4, -0.2) is 36.1 Å². The van der Waals surface area contributed by atoms with Gasteiger partial charge in [-0.25, -0.2) is 4.98 Å². The zero-order valence-corrected chi connectivity index (χ0v) is 13.8. The van der Waals surface area contributed by atoms with E-state index < -0.39 is 0 Å². The summed E-state index contributed by atoms with van der Waals surface area (Å²) < 4.78 is 0.846. The summed E-state index contributed by atoms with van der Waals surface area (Å²) in [5.41, 5.74) is 0.654. The number of thiophene rings is 1. The van der Waals surface area contributed by atoms with Gasteiger partial charge in [-0.05, 0) is 30.7 Å². The van der Waals surface area contributed by atoms with Crippen molar-refractivity contribution in [2.24, 2.45) is 0 Å². The summed E-state index contributed by atoms with van der Waals surface area (Å²) in [7, 11) is 0. The SMILES string of the molecule is N#Cc1cccnc1N1CCCN(Cc2ccc(Cl)s2)CC1. The van der Waals surface area contributed by atoms with Crippen LogP contribution in [0.1, 0.15) is 16.9 Å². The number of aromatic nitrogens is 1.